The Labute approximate surface area is 126 Å². The van der Waals surface area contributed by atoms with E-state index < -0.39 is 11.6 Å². The fourth-order valence-electron chi connectivity index (χ4n) is 2.74. The smallest absolute Gasteiger partial charge is 0.408 e. The van der Waals surface area contributed by atoms with Crippen molar-refractivity contribution in [1.29, 1.82) is 0 Å². The first-order chi connectivity index (χ1) is 9.61. The lowest BCUT2D eigenvalue weighted by Gasteiger charge is -2.42. The Morgan fingerprint density at radius 2 is 1.95 bits per heavy atom. The number of amides is 2. The lowest BCUT2D eigenvalue weighted by atomic mass is 9.97. The van der Waals surface area contributed by atoms with E-state index in [-0.39, 0.29) is 24.1 Å². The molecule has 1 rings (SSSR count). The number of nitrogens with zero attached hydrogens (tertiary/aromatic N) is 1. The predicted octanol–water partition coefficient (Wildman–Crippen LogP) is 2.23. The van der Waals surface area contributed by atoms with Gasteiger partial charge in [0.1, 0.15) is 0 Å². The molecule has 0 aliphatic carbocycles. The Morgan fingerprint density at radius 3 is 2.33 bits per heavy atom. The molecule has 6 heteroatoms. The summed E-state index contributed by atoms with van der Waals surface area (Å²) in [6.07, 6.45) is 0.731. The van der Waals surface area contributed by atoms with Gasteiger partial charge in [0, 0.05) is 11.6 Å². The zero-order valence-electron chi connectivity index (χ0n) is 13.7. The Hall–Kier alpha value is -1.30. The molecule has 0 aromatic carbocycles. The topological polar surface area (TPSA) is 78.9 Å². The lowest BCUT2D eigenvalue weighted by Crippen LogP contribution is -2.54. The molecule has 1 aliphatic heterocycles. The standard InChI is InChI=1S/C15H28N2O4/c1-10(2)16-13(18)8-12-7-6-11(9-21-12)17(14(19)20)15(3,4)5/h10-12H,6-9H2,1-5H3,(H,16,18)(H,19,20)/t11-,12+/m1/s1. The summed E-state index contributed by atoms with van der Waals surface area (Å²) in [6, 6.07) is -0.0239. The maximum atomic E-state index is 11.7. The van der Waals surface area contributed by atoms with Crippen molar-refractivity contribution in [3.05, 3.63) is 0 Å². The highest BCUT2D eigenvalue weighted by Gasteiger charge is 2.36. The van der Waals surface area contributed by atoms with E-state index in [0.717, 1.165) is 6.42 Å². The summed E-state index contributed by atoms with van der Waals surface area (Å²) < 4.78 is 5.70. The van der Waals surface area contributed by atoms with Crippen molar-refractivity contribution in [2.75, 3.05) is 6.61 Å². The number of carbonyl (C=O) groups is 2. The summed E-state index contributed by atoms with van der Waals surface area (Å²) >= 11 is 0. The summed E-state index contributed by atoms with van der Waals surface area (Å²) in [5.74, 6) is -0.0145. The summed E-state index contributed by atoms with van der Waals surface area (Å²) in [7, 11) is 0. The number of carboxylic acid groups (broad SMARTS) is 1. The van der Waals surface area contributed by atoms with Gasteiger partial charge in [-0.05, 0) is 47.5 Å². The maximum Gasteiger partial charge on any atom is 0.408 e. The van der Waals surface area contributed by atoms with E-state index >= 15 is 0 Å². The molecule has 1 heterocycles. The van der Waals surface area contributed by atoms with Gasteiger partial charge in [-0.25, -0.2) is 4.79 Å². The second-order valence-corrected chi connectivity index (χ2v) is 6.94. The molecule has 1 aliphatic rings. The van der Waals surface area contributed by atoms with Crippen molar-refractivity contribution in [1.82, 2.24) is 10.2 Å². The van der Waals surface area contributed by atoms with Crippen LogP contribution in [0.1, 0.15) is 53.9 Å². The number of hydrogen-bond donors (Lipinski definition) is 2. The zero-order chi connectivity index (χ0) is 16.2. The molecule has 2 atom stereocenters. The third-order valence-corrected chi connectivity index (χ3v) is 3.50. The van der Waals surface area contributed by atoms with Gasteiger partial charge in [0.25, 0.3) is 0 Å². The Kier molecular flexibility index (Phi) is 6.01. The van der Waals surface area contributed by atoms with Crippen LogP contribution in [-0.4, -0.2) is 52.3 Å². The molecule has 122 valence electrons. The largest absolute Gasteiger partial charge is 0.465 e. The SMILES string of the molecule is CC(C)NC(=O)C[C@@H]1CC[C@@H](N(C(=O)O)C(C)(C)C)CO1. The van der Waals surface area contributed by atoms with Gasteiger partial charge in [0.15, 0.2) is 0 Å². The van der Waals surface area contributed by atoms with Crippen LogP contribution in [0.15, 0.2) is 0 Å². The number of hydrogen-bond acceptors (Lipinski definition) is 3. The van der Waals surface area contributed by atoms with Crippen molar-refractivity contribution in [2.45, 2.75) is 77.6 Å². The minimum Gasteiger partial charge on any atom is -0.465 e. The van der Waals surface area contributed by atoms with Crippen molar-refractivity contribution < 1.29 is 19.4 Å². The van der Waals surface area contributed by atoms with Gasteiger partial charge in [0.2, 0.25) is 5.91 Å². The minimum absolute atomic E-state index is 0.0145. The van der Waals surface area contributed by atoms with Crippen LogP contribution >= 0.6 is 0 Å². The minimum atomic E-state index is -0.924. The molecule has 2 N–H and O–H groups in total. The summed E-state index contributed by atoms with van der Waals surface area (Å²) in [6.45, 7) is 9.83. The van der Waals surface area contributed by atoms with E-state index in [4.69, 9.17) is 4.74 Å². The second kappa shape index (κ2) is 7.11. The molecule has 1 fully saturated rings. The third-order valence-electron chi connectivity index (χ3n) is 3.50. The van der Waals surface area contributed by atoms with Gasteiger partial charge >= 0.3 is 6.09 Å². The first-order valence-electron chi connectivity index (χ1n) is 7.54. The van der Waals surface area contributed by atoms with Crippen LogP contribution in [0.2, 0.25) is 0 Å². The monoisotopic (exact) mass is 300 g/mol. The van der Waals surface area contributed by atoms with Gasteiger partial charge in [0.05, 0.1) is 25.2 Å². The quantitative estimate of drug-likeness (QED) is 0.834. The Morgan fingerprint density at radius 1 is 1.33 bits per heavy atom. The average molecular weight is 300 g/mol. The second-order valence-electron chi connectivity index (χ2n) is 6.94. The summed E-state index contributed by atoms with van der Waals surface area (Å²) in [5.41, 5.74) is -0.457. The van der Waals surface area contributed by atoms with Gasteiger partial charge < -0.3 is 15.2 Å². The van der Waals surface area contributed by atoms with Crippen molar-refractivity contribution in [2.24, 2.45) is 0 Å². The van der Waals surface area contributed by atoms with E-state index in [9.17, 15) is 14.7 Å². The fourth-order valence-corrected chi connectivity index (χ4v) is 2.74. The van der Waals surface area contributed by atoms with Crippen LogP contribution in [0, 0.1) is 0 Å². The van der Waals surface area contributed by atoms with Gasteiger partial charge in [-0.1, -0.05) is 0 Å². The van der Waals surface area contributed by atoms with Crippen molar-refractivity contribution in [3.8, 4) is 0 Å². The van der Waals surface area contributed by atoms with E-state index in [0.29, 0.717) is 19.4 Å². The maximum absolute atomic E-state index is 11.7. The first-order valence-corrected chi connectivity index (χ1v) is 7.54. The van der Waals surface area contributed by atoms with Crippen LogP contribution in [0.25, 0.3) is 0 Å². The first kappa shape index (κ1) is 17.8. The highest BCUT2D eigenvalue weighted by molar-refractivity contribution is 5.76. The molecule has 0 bridgehead atoms. The van der Waals surface area contributed by atoms with E-state index in [2.05, 4.69) is 5.32 Å². The highest BCUT2D eigenvalue weighted by Crippen LogP contribution is 2.26. The summed E-state index contributed by atoms with van der Waals surface area (Å²) in [4.78, 5) is 24.6. The predicted molar refractivity (Wildman–Crippen MR) is 80.3 cm³/mol. The van der Waals surface area contributed by atoms with Crippen LogP contribution in [0.3, 0.4) is 0 Å². The molecule has 2 amide bonds. The molecule has 0 unspecified atom stereocenters. The molecule has 0 radical (unpaired) electrons. The van der Waals surface area contributed by atoms with E-state index in [1.54, 1.807) is 0 Å². The van der Waals surface area contributed by atoms with Crippen LogP contribution in [0.4, 0.5) is 4.79 Å². The van der Waals surface area contributed by atoms with Crippen molar-refractivity contribution >= 4 is 12.0 Å². The molecular formula is C15H28N2O4. The lowest BCUT2D eigenvalue weighted by molar-refractivity contribution is -0.127. The molecule has 6 nitrogen and oxygen atoms in total. The number of rotatable bonds is 4. The molecule has 0 saturated carbocycles. The third kappa shape index (κ3) is 5.53. The van der Waals surface area contributed by atoms with Gasteiger partial charge in [-0.3, -0.25) is 9.69 Å². The van der Waals surface area contributed by atoms with Crippen LogP contribution in [-0.2, 0) is 9.53 Å². The molecule has 0 aromatic heterocycles. The fraction of sp³-hybridized carbons (Fsp3) is 0.867. The molecular weight excluding hydrogens is 272 g/mol. The van der Waals surface area contributed by atoms with Crippen LogP contribution < -0.4 is 5.32 Å². The van der Waals surface area contributed by atoms with Gasteiger partial charge in [-0.2, -0.15) is 0 Å². The zero-order valence-corrected chi connectivity index (χ0v) is 13.7. The van der Waals surface area contributed by atoms with E-state index in [1.165, 1.54) is 4.90 Å². The Balaban J connectivity index is 2.51. The number of carbonyl (C=O) groups excluding carboxylic acids is 1. The summed E-state index contributed by atoms with van der Waals surface area (Å²) in [5, 5.41) is 12.2. The Bertz CT molecular complexity index is 368. The van der Waals surface area contributed by atoms with E-state index in [1.807, 2.05) is 34.6 Å². The number of ether oxygens (including phenoxy) is 1. The molecule has 21 heavy (non-hydrogen) atoms. The molecule has 0 aromatic rings. The average Bonchev–Trinajstić information content (AvgIpc) is 2.28. The van der Waals surface area contributed by atoms with Gasteiger partial charge in [-0.15, -0.1) is 0 Å². The normalized spacial score (nSPS) is 23.0. The number of nitrogens with one attached hydrogen (secondary N) is 1. The molecule has 1 saturated heterocycles. The highest BCUT2D eigenvalue weighted by atomic mass is 16.5. The van der Waals surface area contributed by atoms with Crippen LogP contribution in [0.5, 0.6) is 0 Å². The molecule has 0 spiro atoms. The van der Waals surface area contributed by atoms with Crippen molar-refractivity contribution in [3.63, 3.8) is 0 Å².